The number of hydroxylamine groups is 2. The molecule has 2 aromatic heterocycles. The number of aryl methyl sites for hydroxylation is 1. The van der Waals surface area contributed by atoms with Gasteiger partial charge in [-0.2, -0.15) is 5.10 Å². The number of piperazine rings is 1. The van der Waals surface area contributed by atoms with E-state index in [2.05, 4.69) is 20.5 Å². The van der Waals surface area contributed by atoms with Crippen molar-refractivity contribution in [1.82, 2.24) is 35.5 Å². The molecule has 2 fully saturated rings. The van der Waals surface area contributed by atoms with E-state index in [0.29, 0.717) is 98.4 Å². The summed E-state index contributed by atoms with van der Waals surface area (Å²) in [5.74, 6) is 3.17. The van der Waals surface area contributed by atoms with Gasteiger partial charge in [-0.05, 0) is 55.0 Å². The van der Waals surface area contributed by atoms with Crippen LogP contribution in [0.15, 0.2) is 79.1 Å². The van der Waals surface area contributed by atoms with Crippen LogP contribution in [0.25, 0.3) is 22.3 Å². The first kappa shape index (κ1) is 30.8. The third-order valence-electron chi connectivity index (χ3n) is 8.67. The van der Waals surface area contributed by atoms with Crippen molar-refractivity contribution >= 4 is 28.4 Å². The SMILES string of the molecule is Nc1ncnc2c1c(-c1ccc(Oc3ccccc3)cc1)nn2CCCC(=O)N1CCN(c2ccc3c(c2)ON(C2CCONO2)O3)CC1. The van der Waals surface area contributed by atoms with Gasteiger partial charge in [0, 0.05) is 62.9 Å². The number of aromatic nitrogens is 4. The van der Waals surface area contributed by atoms with Gasteiger partial charge in [-0.3, -0.25) is 14.5 Å². The molecule has 8 rings (SSSR count). The Balaban J connectivity index is 0.862. The number of benzene rings is 3. The number of nitrogens with one attached hydrogen (secondary N) is 1. The summed E-state index contributed by atoms with van der Waals surface area (Å²) < 4.78 is 7.76. The number of ether oxygens (including phenoxy) is 1. The Bertz CT molecular complexity index is 1930. The second kappa shape index (κ2) is 13.6. The molecule has 1 amide bonds. The number of hydrogen-bond donors (Lipinski definition) is 2. The van der Waals surface area contributed by atoms with Crippen LogP contribution in [-0.4, -0.2) is 74.8 Å². The lowest BCUT2D eigenvalue weighted by Crippen LogP contribution is -2.48. The fourth-order valence-electron chi connectivity index (χ4n) is 6.11. The topological polar surface area (TPSA) is 155 Å². The Hall–Kier alpha value is -5.48. The third kappa shape index (κ3) is 6.51. The van der Waals surface area contributed by atoms with E-state index in [1.807, 2.05) is 82.4 Å². The van der Waals surface area contributed by atoms with Gasteiger partial charge in [-0.15, -0.1) is 0 Å². The minimum Gasteiger partial charge on any atom is -0.457 e. The summed E-state index contributed by atoms with van der Waals surface area (Å²) in [6.07, 6.45) is 2.60. The molecule has 1 atom stereocenters. The number of para-hydroxylation sites is 1. The average molecular weight is 666 g/mol. The second-order valence-corrected chi connectivity index (χ2v) is 11.8. The maximum Gasteiger partial charge on any atom is 0.222 e. The predicted molar refractivity (Wildman–Crippen MR) is 178 cm³/mol. The number of carbonyl (C=O) groups is 1. The molecule has 0 aliphatic carbocycles. The van der Waals surface area contributed by atoms with Crippen LogP contribution in [0.5, 0.6) is 23.0 Å². The van der Waals surface area contributed by atoms with Gasteiger partial charge in [0.05, 0.1) is 17.2 Å². The standard InChI is InChI=1S/C34H35N9O6/c35-33-31-32(23-8-11-26(12-9-23)46-25-5-2-1-3-6-25)38-42(34(31)37-22-36-33)15-4-7-29(44)41-18-16-40(17-19-41)24-10-13-27-28(21-24)49-43(48-27)30-14-20-45-39-47-30/h1-3,5-6,8-13,21-22,30,39H,4,7,14-20H2,(H2,35,36,37). The molecule has 5 heterocycles. The van der Waals surface area contributed by atoms with Crippen molar-refractivity contribution in [3.8, 4) is 34.3 Å². The summed E-state index contributed by atoms with van der Waals surface area (Å²) in [5, 5.41) is 6.88. The Kier molecular flexibility index (Phi) is 8.53. The molecular formula is C34H35N9O6. The third-order valence-corrected chi connectivity index (χ3v) is 8.67. The van der Waals surface area contributed by atoms with Crippen molar-refractivity contribution < 1.29 is 28.9 Å². The number of amides is 1. The van der Waals surface area contributed by atoms with Crippen molar-refractivity contribution in [2.75, 3.05) is 43.4 Å². The van der Waals surface area contributed by atoms with E-state index in [9.17, 15) is 4.79 Å². The monoisotopic (exact) mass is 665 g/mol. The smallest absolute Gasteiger partial charge is 0.222 e. The first-order valence-electron chi connectivity index (χ1n) is 16.2. The van der Waals surface area contributed by atoms with E-state index >= 15 is 0 Å². The zero-order valence-electron chi connectivity index (χ0n) is 26.6. The number of carbonyl (C=O) groups excluding carboxylic acids is 1. The van der Waals surface area contributed by atoms with Gasteiger partial charge in [0.2, 0.25) is 12.1 Å². The lowest BCUT2D eigenvalue weighted by Gasteiger charge is -2.36. The van der Waals surface area contributed by atoms with E-state index in [0.717, 1.165) is 17.0 Å². The number of rotatable bonds is 9. The Labute approximate surface area is 281 Å². The van der Waals surface area contributed by atoms with E-state index in [1.165, 1.54) is 11.6 Å². The van der Waals surface area contributed by atoms with Crippen molar-refractivity contribution in [2.24, 2.45) is 0 Å². The van der Waals surface area contributed by atoms with E-state index in [-0.39, 0.29) is 5.91 Å². The van der Waals surface area contributed by atoms with Gasteiger partial charge in [0.25, 0.3) is 0 Å². The number of hydrogen-bond acceptors (Lipinski definition) is 13. The summed E-state index contributed by atoms with van der Waals surface area (Å²) >= 11 is 0. The van der Waals surface area contributed by atoms with Crippen molar-refractivity contribution in [3.05, 3.63) is 79.1 Å². The summed E-state index contributed by atoms with van der Waals surface area (Å²) in [5.41, 5.74) is 11.9. The highest BCUT2D eigenvalue weighted by Crippen LogP contribution is 2.39. The highest BCUT2D eigenvalue weighted by molar-refractivity contribution is 5.98. The van der Waals surface area contributed by atoms with Crippen LogP contribution >= 0.6 is 0 Å². The van der Waals surface area contributed by atoms with Gasteiger partial charge < -0.3 is 29.9 Å². The van der Waals surface area contributed by atoms with Gasteiger partial charge in [0.1, 0.15) is 29.3 Å². The molecule has 0 bridgehead atoms. The molecule has 3 aliphatic heterocycles. The normalized spacial score (nSPS) is 17.8. The fourth-order valence-corrected chi connectivity index (χ4v) is 6.11. The zero-order chi connectivity index (χ0) is 33.2. The highest BCUT2D eigenvalue weighted by atomic mass is 17.0. The van der Waals surface area contributed by atoms with Gasteiger partial charge >= 0.3 is 0 Å². The fraction of sp³-hybridized carbons (Fsp3) is 0.294. The van der Waals surface area contributed by atoms with Gasteiger partial charge in [0.15, 0.2) is 17.1 Å². The maximum absolute atomic E-state index is 13.2. The lowest BCUT2D eigenvalue weighted by atomic mass is 10.1. The summed E-state index contributed by atoms with van der Waals surface area (Å²) in [4.78, 5) is 48.1. The van der Waals surface area contributed by atoms with Gasteiger partial charge in [-0.25, -0.2) is 14.6 Å². The molecule has 49 heavy (non-hydrogen) atoms. The molecular weight excluding hydrogens is 630 g/mol. The highest BCUT2D eigenvalue weighted by Gasteiger charge is 2.34. The first-order chi connectivity index (χ1) is 24.1. The molecule has 5 aromatic rings. The van der Waals surface area contributed by atoms with Crippen molar-refractivity contribution in [2.45, 2.75) is 32.0 Å². The van der Waals surface area contributed by atoms with Crippen molar-refractivity contribution in [3.63, 3.8) is 0 Å². The Morgan fingerprint density at radius 2 is 1.73 bits per heavy atom. The minimum absolute atomic E-state index is 0.117. The average Bonchev–Trinajstić information content (AvgIpc) is 3.75. The largest absolute Gasteiger partial charge is 0.457 e. The number of anilines is 2. The predicted octanol–water partition coefficient (Wildman–Crippen LogP) is 4.08. The van der Waals surface area contributed by atoms with Crippen LogP contribution in [0.2, 0.25) is 0 Å². The molecule has 15 nitrogen and oxygen atoms in total. The quantitative estimate of drug-likeness (QED) is 0.233. The van der Waals surface area contributed by atoms with E-state index in [1.54, 1.807) is 0 Å². The van der Waals surface area contributed by atoms with E-state index < -0.39 is 6.23 Å². The van der Waals surface area contributed by atoms with Crippen LogP contribution in [0.4, 0.5) is 11.5 Å². The zero-order valence-corrected chi connectivity index (χ0v) is 26.6. The molecule has 3 aromatic carbocycles. The molecule has 15 heteroatoms. The Morgan fingerprint density at radius 3 is 2.53 bits per heavy atom. The molecule has 2 saturated heterocycles. The van der Waals surface area contributed by atoms with Crippen LogP contribution in [0, 0.1) is 0 Å². The van der Waals surface area contributed by atoms with Crippen LogP contribution in [0.1, 0.15) is 19.3 Å². The summed E-state index contributed by atoms with van der Waals surface area (Å²) in [6.45, 7) is 3.66. The number of nitrogen functional groups attached to an aromatic ring is 1. The minimum atomic E-state index is -0.432. The molecule has 0 spiro atoms. The number of nitrogens with two attached hydrogens (primary N) is 1. The van der Waals surface area contributed by atoms with Gasteiger partial charge in [-0.1, -0.05) is 23.8 Å². The maximum atomic E-state index is 13.2. The lowest BCUT2D eigenvalue weighted by molar-refractivity contribution is -0.376. The summed E-state index contributed by atoms with van der Waals surface area (Å²) in [7, 11) is 0. The molecule has 0 saturated carbocycles. The first-order valence-corrected chi connectivity index (χ1v) is 16.2. The molecule has 0 radical (unpaired) electrons. The number of nitrogens with zero attached hydrogens (tertiary/aromatic N) is 7. The molecule has 3 aliphatic rings. The second-order valence-electron chi connectivity index (χ2n) is 11.8. The number of fused-ring (bicyclic) bond motifs is 2. The van der Waals surface area contributed by atoms with E-state index in [4.69, 9.17) is 34.9 Å². The van der Waals surface area contributed by atoms with Crippen LogP contribution in [0.3, 0.4) is 0 Å². The van der Waals surface area contributed by atoms with Crippen molar-refractivity contribution in [1.29, 1.82) is 0 Å². The summed E-state index contributed by atoms with van der Waals surface area (Å²) in [6, 6.07) is 23.1. The van der Waals surface area contributed by atoms with Crippen LogP contribution in [-0.2, 0) is 21.0 Å². The Morgan fingerprint density at radius 1 is 0.939 bits per heavy atom. The molecule has 1 unspecified atom stereocenters. The van der Waals surface area contributed by atoms with Crippen LogP contribution < -0.4 is 30.7 Å². The molecule has 3 N–H and O–H groups in total. The molecule has 252 valence electrons.